The van der Waals surface area contributed by atoms with Crippen molar-refractivity contribution in [2.24, 2.45) is 0 Å². The maximum atomic E-state index is 5.74. The standard InChI is InChI=1S/C16H22N2O3/c1-4-19-15-7-5-6-8-16(15)20-10-9-17-11-14-12(2)18-21-13(14)3/h5-8,17H,4,9-11H2,1-3H3. The quantitative estimate of drug-likeness (QED) is 0.758. The van der Waals surface area contributed by atoms with Crippen molar-refractivity contribution >= 4 is 0 Å². The zero-order valence-corrected chi connectivity index (χ0v) is 12.8. The zero-order chi connectivity index (χ0) is 15.1. The Kier molecular flexibility index (Phi) is 5.63. The first-order valence-corrected chi connectivity index (χ1v) is 7.19. The molecule has 0 saturated heterocycles. The largest absolute Gasteiger partial charge is 0.490 e. The zero-order valence-electron chi connectivity index (χ0n) is 12.8. The van der Waals surface area contributed by atoms with Crippen LogP contribution in [-0.4, -0.2) is 24.9 Å². The molecule has 0 bridgehead atoms. The highest BCUT2D eigenvalue weighted by Gasteiger charge is 2.08. The van der Waals surface area contributed by atoms with E-state index in [1.54, 1.807) is 0 Å². The first-order valence-electron chi connectivity index (χ1n) is 7.19. The van der Waals surface area contributed by atoms with Gasteiger partial charge in [-0.1, -0.05) is 17.3 Å². The normalized spacial score (nSPS) is 10.6. The Bertz CT molecular complexity index is 547. The van der Waals surface area contributed by atoms with Gasteiger partial charge in [-0.15, -0.1) is 0 Å². The van der Waals surface area contributed by atoms with Gasteiger partial charge in [-0.3, -0.25) is 0 Å². The van der Waals surface area contributed by atoms with Crippen LogP contribution < -0.4 is 14.8 Å². The van der Waals surface area contributed by atoms with E-state index in [4.69, 9.17) is 14.0 Å². The van der Waals surface area contributed by atoms with Gasteiger partial charge >= 0.3 is 0 Å². The molecule has 1 aromatic heterocycles. The summed E-state index contributed by atoms with van der Waals surface area (Å²) in [5.74, 6) is 2.42. The summed E-state index contributed by atoms with van der Waals surface area (Å²) in [7, 11) is 0. The van der Waals surface area contributed by atoms with E-state index in [1.165, 1.54) is 0 Å². The van der Waals surface area contributed by atoms with Crippen LogP contribution in [0.4, 0.5) is 0 Å². The van der Waals surface area contributed by atoms with E-state index in [0.29, 0.717) is 13.2 Å². The van der Waals surface area contributed by atoms with E-state index in [1.807, 2.05) is 45.0 Å². The molecule has 1 N–H and O–H groups in total. The molecule has 2 rings (SSSR count). The van der Waals surface area contributed by atoms with E-state index in [0.717, 1.165) is 41.6 Å². The van der Waals surface area contributed by atoms with Crippen LogP contribution in [0.15, 0.2) is 28.8 Å². The van der Waals surface area contributed by atoms with Crippen LogP contribution in [0.1, 0.15) is 23.9 Å². The summed E-state index contributed by atoms with van der Waals surface area (Å²) >= 11 is 0. The number of para-hydroxylation sites is 2. The van der Waals surface area contributed by atoms with E-state index in [-0.39, 0.29) is 0 Å². The van der Waals surface area contributed by atoms with Gasteiger partial charge in [0, 0.05) is 18.7 Å². The van der Waals surface area contributed by atoms with Crippen LogP contribution in [0.25, 0.3) is 0 Å². The van der Waals surface area contributed by atoms with Crippen LogP contribution in [0, 0.1) is 13.8 Å². The first-order chi connectivity index (χ1) is 10.2. The van der Waals surface area contributed by atoms with Crippen LogP contribution in [0.5, 0.6) is 11.5 Å². The third-order valence-corrected chi connectivity index (χ3v) is 3.17. The fraction of sp³-hybridized carbons (Fsp3) is 0.438. The van der Waals surface area contributed by atoms with Crippen LogP contribution in [0.3, 0.4) is 0 Å². The molecule has 0 fully saturated rings. The molecule has 0 spiro atoms. The van der Waals surface area contributed by atoms with Crippen LogP contribution in [0.2, 0.25) is 0 Å². The van der Waals surface area contributed by atoms with Crippen molar-refractivity contribution in [3.63, 3.8) is 0 Å². The van der Waals surface area contributed by atoms with Crippen LogP contribution in [-0.2, 0) is 6.54 Å². The van der Waals surface area contributed by atoms with Crippen molar-refractivity contribution in [1.82, 2.24) is 10.5 Å². The molecule has 114 valence electrons. The predicted molar refractivity (Wildman–Crippen MR) is 80.8 cm³/mol. The maximum absolute atomic E-state index is 5.74. The molecule has 1 heterocycles. The molecule has 0 saturated carbocycles. The lowest BCUT2D eigenvalue weighted by molar-refractivity contribution is 0.275. The molecule has 0 aliphatic carbocycles. The second-order valence-corrected chi connectivity index (χ2v) is 4.71. The number of nitrogens with one attached hydrogen (secondary N) is 1. The number of rotatable bonds is 8. The number of hydrogen-bond donors (Lipinski definition) is 1. The van der Waals surface area contributed by atoms with Gasteiger partial charge < -0.3 is 19.3 Å². The number of ether oxygens (including phenoxy) is 2. The number of benzene rings is 1. The minimum absolute atomic E-state index is 0.577. The lowest BCUT2D eigenvalue weighted by atomic mass is 10.2. The molecule has 0 atom stereocenters. The van der Waals surface area contributed by atoms with Gasteiger partial charge in [0.1, 0.15) is 12.4 Å². The van der Waals surface area contributed by atoms with Gasteiger partial charge in [-0.05, 0) is 32.9 Å². The second-order valence-electron chi connectivity index (χ2n) is 4.71. The van der Waals surface area contributed by atoms with E-state index in [2.05, 4.69) is 10.5 Å². The van der Waals surface area contributed by atoms with Crippen LogP contribution >= 0.6 is 0 Å². The molecule has 0 aliphatic rings. The Morgan fingerprint density at radius 1 is 1.14 bits per heavy atom. The van der Waals surface area contributed by atoms with E-state index < -0.39 is 0 Å². The fourth-order valence-corrected chi connectivity index (χ4v) is 2.04. The van der Waals surface area contributed by atoms with Crippen molar-refractivity contribution in [2.75, 3.05) is 19.8 Å². The molecular weight excluding hydrogens is 268 g/mol. The summed E-state index contributed by atoms with van der Waals surface area (Å²) in [6.45, 7) is 8.51. The Hall–Kier alpha value is -2.01. The maximum Gasteiger partial charge on any atom is 0.161 e. The molecule has 0 unspecified atom stereocenters. The van der Waals surface area contributed by atoms with Crippen molar-refractivity contribution in [1.29, 1.82) is 0 Å². The van der Waals surface area contributed by atoms with Crippen molar-refractivity contribution in [3.8, 4) is 11.5 Å². The third-order valence-electron chi connectivity index (χ3n) is 3.17. The number of aromatic nitrogens is 1. The van der Waals surface area contributed by atoms with E-state index >= 15 is 0 Å². The summed E-state index contributed by atoms with van der Waals surface area (Å²) in [6.07, 6.45) is 0. The molecule has 0 aliphatic heterocycles. The Morgan fingerprint density at radius 3 is 2.48 bits per heavy atom. The van der Waals surface area contributed by atoms with Gasteiger partial charge in [0.15, 0.2) is 11.5 Å². The second kappa shape index (κ2) is 7.69. The highest BCUT2D eigenvalue weighted by molar-refractivity contribution is 5.39. The fourth-order valence-electron chi connectivity index (χ4n) is 2.04. The van der Waals surface area contributed by atoms with Crippen molar-refractivity contribution in [2.45, 2.75) is 27.3 Å². The molecule has 0 amide bonds. The monoisotopic (exact) mass is 290 g/mol. The van der Waals surface area contributed by atoms with E-state index in [9.17, 15) is 0 Å². The highest BCUT2D eigenvalue weighted by atomic mass is 16.5. The highest BCUT2D eigenvalue weighted by Crippen LogP contribution is 2.26. The molecular formula is C16H22N2O3. The predicted octanol–water partition coefficient (Wildman–Crippen LogP) is 2.86. The summed E-state index contributed by atoms with van der Waals surface area (Å²) in [4.78, 5) is 0. The first kappa shape index (κ1) is 15.4. The summed E-state index contributed by atoms with van der Waals surface area (Å²) < 4.78 is 16.4. The average Bonchev–Trinajstić information content (AvgIpc) is 2.80. The smallest absolute Gasteiger partial charge is 0.161 e. The molecule has 1 aromatic carbocycles. The lowest BCUT2D eigenvalue weighted by Crippen LogP contribution is -2.21. The van der Waals surface area contributed by atoms with Crippen molar-refractivity contribution in [3.05, 3.63) is 41.3 Å². The molecule has 5 heteroatoms. The number of nitrogens with zero attached hydrogens (tertiary/aromatic N) is 1. The summed E-state index contributed by atoms with van der Waals surface area (Å²) in [5.41, 5.74) is 2.05. The SMILES string of the molecule is CCOc1ccccc1OCCNCc1c(C)noc1C. The van der Waals surface area contributed by atoms with Crippen molar-refractivity contribution < 1.29 is 14.0 Å². The summed E-state index contributed by atoms with van der Waals surface area (Å²) in [6, 6.07) is 7.71. The Balaban J connectivity index is 1.75. The van der Waals surface area contributed by atoms with Gasteiger partial charge in [0.05, 0.1) is 12.3 Å². The van der Waals surface area contributed by atoms with Gasteiger partial charge in [0.25, 0.3) is 0 Å². The van der Waals surface area contributed by atoms with Gasteiger partial charge in [0.2, 0.25) is 0 Å². The molecule has 0 radical (unpaired) electrons. The third kappa shape index (κ3) is 4.23. The summed E-state index contributed by atoms with van der Waals surface area (Å²) in [5, 5.41) is 7.26. The Morgan fingerprint density at radius 2 is 1.86 bits per heavy atom. The molecule has 2 aromatic rings. The number of aryl methyl sites for hydroxylation is 2. The number of hydrogen-bond acceptors (Lipinski definition) is 5. The molecule has 21 heavy (non-hydrogen) atoms. The topological polar surface area (TPSA) is 56.5 Å². The average molecular weight is 290 g/mol. The van der Waals surface area contributed by atoms with Gasteiger partial charge in [-0.25, -0.2) is 0 Å². The molecule has 5 nitrogen and oxygen atoms in total. The van der Waals surface area contributed by atoms with Gasteiger partial charge in [-0.2, -0.15) is 0 Å². The Labute approximate surface area is 125 Å². The minimum atomic E-state index is 0.577. The minimum Gasteiger partial charge on any atom is -0.490 e. The lowest BCUT2D eigenvalue weighted by Gasteiger charge is -2.11.